The van der Waals surface area contributed by atoms with E-state index in [9.17, 15) is 9.59 Å². The molecule has 2 amide bonds. The van der Waals surface area contributed by atoms with Gasteiger partial charge in [0.25, 0.3) is 11.8 Å². The first-order valence-electron chi connectivity index (χ1n) is 12.4. The second-order valence-electron chi connectivity index (χ2n) is 9.24. The number of rotatable bonds is 6. The second-order valence-corrected chi connectivity index (χ2v) is 9.65. The van der Waals surface area contributed by atoms with Crippen LogP contribution in [0.4, 0.5) is 11.4 Å². The third-order valence-corrected chi connectivity index (χ3v) is 6.35. The molecule has 1 fully saturated rings. The summed E-state index contributed by atoms with van der Waals surface area (Å²) >= 11 is 5.32. The minimum atomic E-state index is -0.289. The zero-order valence-corrected chi connectivity index (χ0v) is 22.2. The molecule has 0 aliphatic carbocycles. The number of nitrogens with one attached hydrogen (secondary N) is 2. The van der Waals surface area contributed by atoms with Gasteiger partial charge in [-0.25, -0.2) is 0 Å². The molecule has 2 N–H and O–H groups in total. The lowest BCUT2D eigenvalue weighted by molar-refractivity contribution is 0.0746. The molecule has 3 aromatic carbocycles. The third kappa shape index (κ3) is 6.86. The zero-order chi connectivity index (χ0) is 26.4. The fourth-order valence-corrected chi connectivity index (χ4v) is 4.41. The van der Waals surface area contributed by atoms with Crippen LogP contribution in [0.3, 0.4) is 0 Å². The predicted molar refractivity (Wildman–Crippen MR) is 152 cm³/mol. The van der Waals surface area contributed by atoms with Crippen LogP contribution in [0.25, 0.3) is 0 Å². The number of anilines is 2. The van der Waals surface area contributed by atoms with E-state index in [1.807, 2.05) is 74.2 Å². The van der Waals surface area contributed by atoms with E-state index in [0.29, 0.717) is 24.4 Å². The molecule has 0 saturated carbocycles. The summed E-state index contributed by atoms with van der Waals surface area (Å²) in [6, 6.07) is 22.5. The quantitative estimate of drug-likeness (QED) is 0.456. The lowest BCUT2D eigenvalue weighted by atomic mass is 10.1. The summed E-state index contributed by atoms with van der Waals surface area (Å²) in [7, 11) is 0. The molecule has 0 atom stereocenters. The van der Waals surface area contributed by atoms with Gasteiger partial charge in [-0.05, 0) is 93.1 Å². The number of amides is 2. The Hall–Kier alpha value is -3.91. The standard InChI is InChI=1S/C29H32N4O3S/c1-20(2)36-25-14-8-22(9-15-25)27(34)31-29(37)30-23-10-12-24(13-11-23)32-16-18-33(19-17-32)28(35)26-7-5-4-6-21(26)3/h4-15,20H,16-19H2,1-3H3,(H2,30,31,34,37). The van der Waals surface area contributed by atoms with Crippen LogP contribution in [0.15, 0.2) is 72.8 Å². The molecule has 0 unspecified atom stereocenters. The highest BCUT2D eigenvalue weighted by Gasteiger charge is 2.23. The highest BCUT2D eigenvalue weighted by atomic mass is 32.1. The average Bonchev–Trinajstić information content (AvgIpc) is 2.89. The number of carbonyl (C=O) groups excluding carboxylic acids is 2. The van der Waals surface area contributed by atoms with Gasteiger partial charge < -0.3 is 19.9 Å². The number of carbonyl (C=O) groups is 2. The Bertz CT molecular complexity index is 1250. The van der Waals surface area contributed by atoms with E-state index in [4.69, 9.17) is 17.0 Å². The molecule has 3 aromatic rings. The van der Waals surface area contributed by atoms with Gasteiger partial charge in [0.2, 0.25) is 0 Å². The molecule has 192 valence electrons. The first kappa shape index (κ1) is 26.2. The summed E-state index contributed by atoms with van der Waals surface area (Å²) in [5, 5.41) is 5.99. The molecule has 1 aliphatic heterocycles. The van der Waals surface area contributed by atoms with Crippen LogP contribution in [-0.2, 0) is 0 Å². The second kappa shape index (κ2) is 11.9. The number of hydrogen-bond acceptors (Lipinski definition) is 5. The van der Waals surface area contributed by atoms with Crippen molar-refractivity contribution in [3.05, 3.63) is 89.5 Å². The van der Waals surface area contributed by atoms with E-state index in [0.717, 1.165) is 35.6 Å². The fraction of sp³-hybridized carbons (Fsp3) is 0.276. The summed E-state index contributed by atoms with van der Waals surface area (Å²) in [5.41, 5.74) is 4.12. The van der Waals surface area contributed by atoms with Gasteiger partial charge in [-0.1, -0.05) is 18.2 Å². The van der Waals surface area contributed by atoms with Gasteiger partial charge >= 0.3 is 0 Å². The third-order valence-electron chi connectivity index (χ3n) is 6.15. The van der Waals surface area contributed by atoms with Crippen LogP contribution in [0.1, 0.15) is 40.1 Å². The molecule has 37 heavy (non-hydrogen) atoms. The summed E-state index contributed by atoms with van der Waals surface area (Å²) in [6.07, 6.45) is 0.0700. The normalized spacial score (nSPS) is 13.3. The number of ether oxygens (including phenoxy) is 1. The molecule has 7 nitrogen and oxygen atoms in total. The van der Waals surface area contributed by atoms with Gasteiger partial charge in [-0.3, -0.25) is 14.9 Å². The van der Waals surface area contributed by atoms with Gasteiger partial charge in [-0.15, -0.1) is 0 Å². The number of aryl methyl sites for hydroxylation is 1. The lowest BCUT2D eigenvalue weighted by Gasteiger charge is -2.36. The van der Waals surface area contributed by atoms with Crippen molar-refractivity contribution in [2.24, 2.45) is 0 Å². The number of benzene rings is 3. The van der Waals surface area contributed by atoms with Crippen molar-refractivity contribution >= 4 is 40.5 Å². The molecule has 4 rings (SSSR count). The maximum Gasteiger partial charge on any atom is 0.257 e. The Labute approximate surface area is 223 Å². The fourth-order valence-electron chi connectivity index (χ4n) is 4.20. The van der Waals surface area contributed by atoms with Crippen molar-refractivity contribution in [3.63, 3.8) is 0 Å². The summed E-state index contributed by atoms with van der Waals surface area (Å²) < 4.78 is 5.61. The Balaban J connectivity index is 1.26. The van der Waals surface area contributed by atoms with Crippen molar-refractivity contribution < 1.29 is 14.3 Å². The summed E-state index contributed by atoms with van der Waals surface area (Å²) in [4.78, 5) is 29.6. The molecular weight excluding hydrogens is 484 g/mol. The maximum atomic E-state index is 12.9. The van der Waals surface area contributed by atoms with E-state index >= 15 is 0 Å². The molecule has 0 bridgehead atoms. The van der Waals surface area contributed by atoms with E-state index in [2.05, 4.69) is 15.5 Å². The van der Waals surface area contributed by atoms with E-state index in [-0.39, 0.29) is 23.0 Å². The van der Waals surface area contributed by atoms with Gasteiger partial charge in [0.1, 0.15) is 5.75 Å². The predicted octanol–water partition coefficient (Wildman–Crippen LogP) is 4.87. The molecular formula is C29H32N4O3S. The van der Waals surface area contributed by atoms with Crippen molar-refractivity contribution in [1.82, 2.24) is 10.2 Å². The van der Waals surface area contributed by atoms with Crippen LogP contribution in [0, 0.1) is 6.92 Å². The van der Waals surface area contributed by atoms with Gasteiger partial charge in [-0.2, -0.15) is 0 Å². The van der Waals surface area contributed by atoms with Crippen LogP contribution < -0.4 is 20.3 Å². The van der Waals surface area contributed by atoms with Crippen molar-refractivity contribution in [2.75, 3.05) is 36.4 Å². The highest BCUT2D eigenvalue weighted by Crippen LogP contribution is 2.21. The van der Waals surface area contributed by atoms with Gasteiger partial charge in [0, 0.05) is 48.7 Å². The van der Waals surface area contributed by atoms with Crippen molar-refractivity contribution in [1.29, 1.82) is 0 Å². The molecule has 1 aliphatic rings. The van der Waals surface area contributed by atoms with E-state index < -0.39 is 0 Å². The monoisotopic (exact) mass is 516 g/mol. The Morgan fingerprint density at radius 1 is 0.892 bits per heavy atom. The average molecular weight is 517 g/mol. The molecule has 1 heterocycles. The van der Waals surface area contributed by atoms with Gasteiger partial charge in [0.15, 0.2) is 5.11 Å². The SMILES string of the molecule is Cc1ccccc1C(=O)N1CCN(c2ccc(NC(=S)NC(=O)c3ccc(OC(C)C)cc3)cc2)CC1. The number of nitrogens with zero attached hydrogens (tertiary/aromatic N) is 2. The van der Waals surface area contributed by atoms with Crippen LogP contribution in [0.5, 0.6) is 5.75 Å². The highest BCUT2D eigenvalue weighted by molar-refractivity contribution is 7.80. The maximum absolute atomic E-state index is 12.9. The number of thiocarbonyl (C=S) groups is 1. The summed E-state index contributed by atoms with van der Waals surface area (Å²) in [6.45, 7) is 8.75. The van der Waals surface area contributed by atoms with Gasteiger partial charge in [0.05, 0.1) is 6.10 Å². The van der Waals surface area contributed by atoms with E-state index in [1.54, 1.807) is 24.3 Å². The zero-order valence-electron chi connectivity index (χ0n) is 21.4. The van der Waals surface area contributed by atoms with Crippen LogP contribution >= 0.6 is 12.2 Å². The molecule has 8 heteroatoms. The first-order chi connectivity index (χ1) is 17.8. The van der Waals surface area contributed by atoms with Crippen LogP contribution in [0.2, 0.25) is 0 Å². The molecule has 0 spiro atoms. The molecule has 1 saturated heterocycles. The lowest BCUT2D eigenvalue weighted by Crippen LogP contribution is -2.48. The van der Waals surface area contributed by atoms with Crippen molar-refractivity contribution in [3.8, 4) is 5.75 Å². The Morgan fingerprint density at radius 2 is 1.54 bits per heavy atom. The van der Waals surface area contributed by atoms with E-state index in [1.165, 1.54) is 0 Å². The minimum absolute atomic E-state index is 0.0700. The first-order valence-corrected chi connectivity index (χ1v) is 12.8. The number of piperazine rings is 1. The van der Waals surface area contributed by atoms with Crippen molar-refractivity contribution in [2.45, 2.75) is 26.9 Å². The van der Waals surface area contributed by atoms with Crippen LogP contribution in [-0.4, -0.2) is 54.1 Å². The number of hydrogen-bond donors (Lipinski definition) is 2. The summed E-state index contributed by atoms with van der Waals surface area (Å²) in [5.74, 6) is 0.516. The Kier molecular flexibility index (Phi) is 8.40. The molecule has 0 aromatic heterocycles. The topological polar surface area (TPSA) is 73.9 Å². The molecule has 0 radical (unpaired) electrons. The minimum Gasteiger partial charge on any atom is -0.491 e. The Morgan fingerprint density at radius 3 is 2.16 bits per heavy atom. The largest absolute Gasteiger partial charge is 0.491 e. The smallest absolute Gasteiger partial charge is 0.257 e.